The molecule has 32 heavy (non-hydrogen) atoms. The number of nitrogens with zero attached hydrogens (tertiary/aromatic N) is 7. The van der Waals surface area contributed by atoms with Gasteiger partial charge in [-0.05, 0) is 31.5 Å². The van der Waals surface area contributed by atoms with Crippen molar-refractivity contribution in [1.29, 1.82) is 0 Å². The van der Waals surface area contributed by atoms with E-state index >= 15 is 0 Å². The van der Waals surface area contributed by atoms with Gasteiger partial charge in [0.25, 0.3) is 6.43 Å². The van der Waals surface area contributed by atoms with Crippen LogP contribution in [0.5, 0.6) is 0 Å². The van der Waals surface area contributed by atoms with E-state index in [9.17, 15) is 13.6 Å². The van der Waals surface area contributed by atoms with Crippen LogP contribution in [-0.2, 0) is 11.3 Å². The molecule has 166 valence electrons. The van der Waals surface area contributed by atoms with Crippen molar-refractivity contribution in [3.8, 4) is 11.3 Å². The highest BCUT2D eigenvalue weighted by Crippen LogP contribution is 2.29. The van der Waals surface area contributed by atoms with Gasteiger partial charge < -0.3 is 20.5 Å². The van der Waals surface area contributed by atoms with Crippen LogP contribution in [0.1, 0.15) is 12.2 Å². The monoisotopic (exact) mass is 441 g/mol. The second-order valence-electron chi connectivity index (χ2n) is 7.79. The number of nitrogen functional groups attached to an aromatic ring is 1. The molecule has 5 rings (SSSR count). The summed E-state index contributed by atoms with van der Waals surface area (Å²) < 4.78 is 29.0. The Kier molecular flexibility index (Phi) is 4.64. The summed E-state index contributed by atoms with van der Waals surface area (Å²) >= 11 is 0. The molecule has 1 aliphatic heterocycles. The van der Waals surface area contributed by atoms with Gasteiger partial charge in [0.1, 0.15) is 22.9 Å². The molecule has 0 unspecified atom stereocenters. The molecule has 5 heterocycles. The molecule has 0 saturated carbocycles. The highest BCUT2D eigenvalue weighted by Gasteiger charge is 2.29. The van der Waals surface area contributed by atoms with Gasteiger partial charge in [0.05, 0.1) is 12.2 Å². The first kappa shape index (κ1) is 20.1. The molecule has 0 radical (unpaired) electrons. The van der Waals surface area contributed by atoms with E-state index in [-0.39, 0.29) is 17.7 Å². The summed E-state index contributed by atoms with van der Waals surface area (Å²) in [5.41, 5.74) is 8.89. The zero-order valence-corrected chi connectivity index (χ0v) is 17.5. The van der Waals surface area contributed by atoms with Crippen molar-refractivity contribution in [2.45, 2.75) is 32.4 Å². The summed E-state index contributed by atoms with van der Waals surface area (Å²) in [6.45, 7) is 1.85. The number of amides is 1. The predicted octanol–water partition coefficient (Wildman–Crippen LogP) is 1.94. The Morgan fingerprint density at radius 3 is 2.78 bits per heavy atom. The maximum Gasteiger partial charge on any atom is 0.256 e. The number of carbonyl (C=O) groups is 1. The van der Waals surface area contributed by atoms with Crippen molar-refractivity contribution in [3.63, 3.8) is 0 Å². The van der Waals surface area contributed by atoms with Gasteiger partial charge in [-0.3, -0.25) is 4.79 Å². The third kappa shape index (κ3) is 3.27. The quantitative estimate of drug-likeness (QED) is 0.486. The molecule has 1 fully saturated rings. The molecule has 10 nitrogen and oxygen atoms in total. The van der Waals surface area contributed by atoms with E-state index in [0.717, 1.165) is 0 Å². The van der Waals surface area contributed by atoms with Crippen LogP contribution in [0.4, 0.5) is 20.5 Å². The van der Waals surface area contributed by atoms with Crippen molar-refractivity contribution in [3.05, 3.63) is 30.2 Å². The molecular weight excluding hydrogens is 420 g/mol. The van der Waals surface area contributed by atoms with Gasteiger partial charge in [0.2, 0.25) is 11.9 Å². The molecule has 1 saturated heterocycles. The molecule has 0 bridgehead atoms. The highest BCUT2D eigenvalue weighted by atomic mass is 19.3. The Morgan fingerprint density at radius 1 is 1.25 bits per heavy atom. The fraction of sp³-hybridized carbons (Fsp3) is 0.350. The third-order valence-corrected chi connectivity index (χ3v) is 5.65. The number of likely N-dealkylation sites (N-methyl/N-ethyl adjacent to an activating group) is 1. The lowest BCUT2D eigenvalue weighted by atomic mass is 10.2. The van der Waals surface area contributed by atoms with Crippen LogP contribution in [0.25, 0.3) is 27.9 Å². The number of aryl methyl sites for hydroxylation is 1. The third-order valence-electron chi connectivity index (χ3n) is 5.65. The molecule has 0 aromatic carbocycles. The van der Waals surface area contributed by atoms with Crippen LogP contribution in [0.3, 0.4) is 0 Å². The minimum Gasteiger partial charge on any atom is -0.382 e. The number of anilines is 2. The normalized spacial score (nSPS) is 16.7. The second kappa shape index (κ2) is 7.39. The molecule has 4 aromatic rings. The SMILES string of the molecule is Cc1nc2ccc(-c3ccn4nc(N[C@@H]5CCN(C)C5=O)nc(N)c34)nc2n1CC(F)F. The number of aromatic nitrogens is 6. The average molecular weight is 441 g/mol. The number of carbonyl (C=O) groups excluding carboxylic acids is 1. The van der Waals surface area contributed by atoms with Gasteiger partial charge >= 0.3 is 0 Å². The standard InChI is InChI=1S/C20H21F2N9O/c1-10-24-13-4-3-12(25-18(13)30(10)9-15(21)22)11-5-8-31-16(11)17(23)27-20(28-31)26-14-6-7-29(2)19(14)32/h3-5,8,14-15H,6-7,9H2,1-2H3,(H3,23,26,27,28)/t14-/m1/s1. The Balaban J connectivity index is 1.53. The minimum absolute atomic E-state index is 0.0198. The number of hydrogen-bond donors (Lipinski definition) is 2. The summed E-state index contributed by atoms with van der Waals surface area (Å²) in [7, 11) is 1.75. The summed E-state index contributed by atoms with van der Waals surface area (Å²) in [5.74, 6) is 0.909. The van der Waals surface area contributed by atoms with E-state index in [2.05, 4.69) is 25.4 Å². The number of imidazole rings is 1. The highest BCUT2D eigenvalue weighted by molar-refractivity contribution is 5.89. The number of nitrogens with one attached hydrogen (secondary N) is 1. The number of likely N-dealkylation sites (tertiary alicyclic amines) is 1. The summed E-state index contributed by atoms with van der Waals surface area (Å²) in [4.78, 5) is 27.0. The maximum atomic E-state index is 13.0. The number of nitrogens with two attached hydrogens (primary N) is 1. The van der Waals surface area contributed by atoms with Gasteiger partial charge in [-0.15, -0.1) is 5.10 Å². The van der Waals surface area contributed by atoms with Crippen LogP contribution >= 0.6 is 0 Å². The average Bonchev–Trinajstić information content (AvgIpc) is 3.40. The van der Waals surface area contributed by atoms with Crippen LogP contribution in [0.15, 0.2) is 24.4 Å². The minimum atomic E-state index is -2.52. The van der Waals surface area contributed by atoms with E-state index < -0.39 is 19.0 Å². The van der Waals surface area contributed by atoms with E-state index in [4.69, 9.17) is 5.73 Å². The number of rotatable bonds is 5. The molecular formula is C20H21F2N9O. The van der Waals surface area contributed by atoms with Crippen molar-refractivity contribution in [2.24, 2.45) is 0 Å². The van der Waals surface area contributed by atoms with Gasteiger partial charge in [0, 0.05) is 25.4 Å². The molecule has 1 aliphatic rings. The number of halogens is 2. The summed E-state index contributed by atoms with van der Waals surface area (Å²) in [6, 6.07) is 4.89. The van der Waals surface area contributed by atoms with Gasteiger partial charge in [-0.2, -0.15) is 4.98 Å². The first-order valence-corrected chi connectivity index (χ1v) is 10.1. The van der Waals surface area contributed by atoms with Crippen molar-refractivity contribution < 1.29 is 13.6 Å². The second-order valence-corrected chi connectivity index (χ2v) is 7.79. The predicted molar refractivity (Wildman–Crippen MR) is 114 cm³/mol. The van der Waals surface area contributed by atoms with Crippen LogP contribution < -0.4 is 11.1 Å². The Morgan fingerprint density at radius 2 is 2.06 bits per heavy atom. The van der Waals surface area contributed by atoms with E-state index in [1.807, 2.05) is 0 Å². The summed E-state index contributed by atoms with van der Waals surface area (Å²) in [5, 5.41) is 7.47. The lowest BCUT2D eigenvalue weighted by molar-refractivity contribution is -0.127. The van der Waals surface area contributed by atoms with E-state index in [0.29, 0.717) is 46.7 Å². The van der Waals surface area contributed by atoms with Crippen LogP contribution in [0.2, 0.25) is 0 Å². The maximum absolute atomic E-state index is 13.0. The van der Waals surface area contributed by atoms with Crippen LogP contribution in [-0.4, -0.2) is 66.0 Å². The first-order chi connectivity index (χ1) is 15.3. The summed E-state index contributed by atoms with van der Waals surface area (Å²) in [6.07, 6.45) is -0.152. The van der Waals surface area contributed by atoms with Gasteiger partial charge in [0.15, 0.2) is 11.5 Å². The number of pyridine rings is 1. The lowest BCUT2D eigenvalue weighted by Gasteiger charge is -2.13. The van der Waals surface area contributed by atoms with E-state index in [1.165, 1.54) is 4.57 Å². The zero-order chi connectivity index (χ0) is 22.6. The molecule has 0 aliphatic carbocycles. The molecule has 0 spiro atoms. The van der Waals surface area contributed by atoms with Gasteiger partial charge in [-0.25, -0.2) is 23.3 Å². The van der Waals surface area contributed by atoms with Crippen molar-refractivity contribution in [2.75, 3.05) is 24.6 Å². The molecule has 3 N–H and O–H groups in total. The number of fused-ring (bicyclic) bond motifs is 2. The Labute approximate surface area is 181 Å². The fourth-order valence-electron chi connectivity index (χ4n) is 4.05. The lowest BCUT2D eigenvalue weighted by Crippen LogP contribution is -2.31. The molecule has 12 heteroatoms. The van der Waals surface area contributed by atoms with Gasteiger partial charge in [-0.1, -0.05) is 0 Å². The largest absolute Gasteiger partial charge is 0.382 e. The topological polar surface area (TPSA) is 119 Å². The molecule has 1 amide bonds. The number of hydrogen-bond acceptors (Lipinski definition) is 7. The fourth-order valence-corrected chi connectivity index (χ4v) is 4.05. The number of alkyl halides is 2. The Bertz CT molecular complexity index is 1350. The smallest absolute Gasteiger partial charge is 0.256 e. The zero-order valence-electron chi connectivity index (χ0n) is 17.5. The van der Waals surface area contributed by atoms with Crippen molar-refractivity contribution in [1.82, 2.24) is 34.0 Å². The van der Waals surface area contributed by atoms with Crippen molar-refractivity contribution >= 4 is 34.4 Å². The molecule has 4 aromatic heterocycles. The Hall–Kier alpha value is -3.83. The molecule has 1 atom stereocenters. The van der Waals surface area contributed by atoms with E-state index in [1.54, 1.807) is 47.8 Å². The first-order valence-electron chi connectivity index (χ1n) is 10.1. The van der Waals surface area contributed by atoms with Crippen LogP contribution in [0, 0.1) is 6.92 Å².